The normalized spacial score (nSPS) is 15.8. The van der Waals surface area contributed by atoms with E-state index >= 15 is 0 Å². The molecule has 28 heavy (non-hydrogen) atoms. The number of carbonyl (C=O) groups is 1. The molecule has 2 amide bonds. The summed E-state index contributed by atoms with van der Waals surface area (Å²) in [5.74, 6) is 0.505. The first-order valence-corrected chi connectivity index (χ1v) is 11.3. The first kappa shape index (κ1) is 22.6. The van der Waals surface area contributed by atoms with E-state index in [4.69, 9.17) is 4.74 Å². The number of piperazine rings is 1. The van der Waals surface area contributed by atoms with Crippen LogP contribution in [-0.2, 0) is 14.8 Å². The van der Waals surface area contributed by atoms with Gasteiger partial charge in [-0.05, 0) is 43.4 Å². The van der Waals surface area contributed by atoms with Crippen molar-refractivity contribution in [1.29, 1.82) is 0 Å². The molecule has 8 heteroatoms. The smallest absolute Gasteiger partial charge is 0.317 e. The fraction of sp³-hybridized carbons (Fsp3) is 0.650. The quantitative estimate of drug-likeness (QED) is 0.666. The van der Waals surface area contributed by atoms with Crippen molar-refractivity contribution in [2.45, 2.75) is 39.0 Å². The standard InChI is InChI=1S/C20H33N3O4S/c1-16(2)15-27-13-5-8-21-20(24)22-9-11-23(12-10-22)28(25,26)19-14-17(3)6-7-18(19)4/h6-7,14,16H,5,8-13,15H2,1-4H3,(H,21,24). The van der Waals surface area contributed by atoms with E-state index in [9.17, 15) is 13.2 Å². The molecule has 0 radical (unpaired) electrons. The lowest BCUT2D eigenvalue weighted by atomic mass is 10.2. The van der Waals surface area contributed by atoms with Crippen molar-refractivity contribution in [1.82, 2.24) is 14.5 Å². The minimum absolute atomic E-state index is 0.146. The third-order valence-electron chi connectivity index (χ3n) is 4.68. The van der Waals surface area contributed by atoms with Crippen LogP contribution in [0.15, 0.2) is 23.1 Å². The van der Waals surface area contributed by atoms with Gasteiger partial charge in [-0.1, -0.05) is 26.0 Å². The number of aryl methyl sites for hydroxylation is 2. The van der Waals surface area contributed by atoms with Crippen molar-refractivity contribution < 1.29 is 17.9 Å². The van der Waals surface area contributed by atoms with Crippen LogP contribution in [0.3, 0.4) is 0 Å². The Morgan fingerprint density at radius 1 is 1.18 bits per heavy atom. The number of benzene rings is 1. The second kappa shape index (κ2) is 10.2. The van der Waals surface area contributed by atoms with Crippen LogP contribution < -0.4 is 5.32 Å². The van der Waals surface area contributed by atoms with Crippen LogP contribution in [0.25, 0.3) is 0 Å². The second-order valence-corrected chi connectivity index (χ2v) is 9.62. The maximum Gasteiger partial charge on any atom is 0.317 e. The fourth-order valence-corrected chi connectivity index (χ4v) is 4.79. The van der Waals surface area contributed by atoms with Crippen LogP contribution >= 0.6 is 0 Å². The van der Waals surface area contributed by atoms with Crippen molar-refractivity contribution in [3.05, 3.63) is 29.3 Å². The summed E-state index contributed by atoms with van der Waals surface area (Å²) < 4.78 is 32.9. The summed E-state index contributed by atoms with van der Waals surface area (Å²) in [5.41, 5.74) is 1.66. The van der Waals surface area contributed by atoms with Crippen LogP contribution in [0, 0.1) is 19.8 Å². The van der Waals surface area contributed by atoms with Crippen LogP contribution in [0.5, 0.6) is 0 Å². The second-order valence-electron chi connectivity index (χ2n) is 7.71. The Labute approximate surface area is 169 Å². The van der Waals surface area contributed by atoms with Crippen molar-refractivity contribution in [3.63, 3.8) is 0 Å². The largest absolute Gasteiger partial charge is 0.381 e. The van der Waals surface area contributed by atoms with Crippen molar-refractivity contribution in [2.75, 3.05) is 45.9 Å². The highest BCUT2D eigenvalue weighted by atomic mass is 32.2. The molecular weight excluding hydrogens is 378 g/mol. The molecule has 0 aromatic heterocycles. The molecule has 1 aliphatic heterocycles. The topological polar surface area (TPSA) is 79.0 Å². The number of hydrogen-bond donors (Lipinski definition) is 1. The zero-order valence-electron chi connectivity index (χ0n) is 17.4. The van der Waals surface area contributed by atoms with Crippen LogP contribution in [-0.4, -0.2) is 69.6 Å². The lowest BCUT2D eigenvalue weighted by molar-refractivity contribution is 0.107. The first-order chi connectivity index (χ1) is 13.2. The Bertz CT molecular complexity index is 757. The molecule has 1 fully saturated rings. The molecule has 7 nitrogen and oxygen atoms in total. The summed E-state index contributed by atoms with van der Waals surface area (Å²) in [4.78, 5) is 14.3. The van der Waals surface area contributed by atoms with E-state index in [2.05, 4.69) is 19.2 Å². The van der Waals surface area contributed by atoms with Crippen LogP contribution in [0.4, 0.5) is 4.79 Å². The predicted molar refractivity (Wildman–Crippen MR) is 110 cm³/mol. The van der Waals surface area contributed by atoms with Gasteiger partial charge in [0.1, 0.15) is 0 Å². The Kier molecular flexibility index (Phi) is 8.27. The van der Waals surface area contributed by atoms with E-state index in [1.54, 1.807) is 17.9 Å². The Morgan fingerprint density at radius 3 is 2.50 bits per heavy atom. The van der Waals surface area contributed by atoms with Gasteiger partial charge >= 0.3 is 6.03 Å². The summed E-state index contributed by atoms with van der Waals surface area (Å²) >= 11 is 0. The van der Waals surface area contributed by atoms with E-state index < -0.39 is 10.0 Å². The molecule has 0 atom stereocenters. The zero-order chi connectivity index (χ0) is 20.7. The fourth-order valence-electron chi connectivity index (χ4n) is 3.06. The molecule has 1 saturated heterocycles. The van der Waals surface area contributed by atoms with Gasteiger partial charge in [0.25, 0.3) is 0 Å². The van der Waals surface area contributed by atoms with E-state index in [0.29, 0.717) is 50.1 Å². The lowest BCUT2D eigenvalue weighted by Gasteiger charge is -2.34. The third-order valence-corrected chi connectivity index (χ3v) is 6.72. The van der Waals surface area contributed by atoms with Crippen LogP contribution in [0.2, 0.25) is 0 Å². The molecule has 0 spiro atoms. The van der Waals surface area contributed by atoms with Crippen LogP contribution in [0.1, 0.15) is 31.4 Å². The molecule has 1 aliphatic rings. The van der Waals surface area contributed by atoms with Gasteiger partial charge in [-0.3, -0.25) is 0 Å². The summed E-state index contributed by atoms with van der Waals surface area (Å²) in [5, 5.41) is 2.88. The van der Waals surface area contributed by atoms with Gasteiger partial charge in [-0.15, -0.1) is 0 Å². The van der Waals surface area contributed by atoms with Gasteiger partial charge in [0.2, 0.25) is 10.0 Å². The van der Waals surface area contributed by atoms with Gasteiger partial charge in [0.15, 0.2) is 0 Å². The summed E-state index contributed by atoms with van der Waals surface area (Å²) in [6.45, 7) is 11.2. The third kappa shape index (κ3) is 6.18. The number of sulfonamides is 1. The average molecular weight is 412 g/mol. The molecule has 1 aromatic rings. The molecule has 0 saturated carbocycles. The number of rotatable bonds is 8. The maximum absolute atomic E-state index is 13.0. The zero-order valence-corrected chi connectivity index (χ0v) is 18.2. The molecule has 0 aliphatic carbocycles. The number of hydrogen-bond acceptors (Lipinski definition) is 4. The molecule has 1 aromatic carbocycles. The number of carbonyl (C=O) groups excluding carboxylic acids is 1. The number of urea groups is 1. The molecule has 0 unspecified atom stereocenters. The first-order valence-electron chi connectivity index (χ1n) is 9.89. The van der Waals surface area contributed by atoms with Gasteiger partial charge in [0.05, 0.1) is 4.90 Å². The highest BCUT2D eigenvalue weighted by Crippen LogP contribution is 2.22. The SMILES string of the molecule is Cc1ccc(C)c(S(=O)(=O)N2CCN(C(=O)NCCCOCC(C)C)CC2)c1. The van der Waals surface area contributed by atoms with Gasteiger partial charge in [-0.2, -0.15) is 4.31 Å². The Balaban J connectivity index is 1.80. The van der Waals surface area contributed by atoms with Crippen molar-refractivity contribution >= 4 is 16.1 Å². The average Bonchev–Trinajstić information content (AvgIpc) is 2.66. The molecule has 2 rings (SSSR count). The van der Waals surface area contributed by atoms with E-state index in [-0.39, 0.29) is 6.03 Å². The predicted octanol–water partition coefficient (Wildman–Crippen LogP) is 2.38. The number of ether oxygens (including phenoxy) is 1. The van der Waals surface area contributed by atoms with Gasteiger partial charge < -0.3 is 15.0 Å². The molecular formula is C20H33N3O4S. The van der Waals surface area contributed by atoms with E-state index in [1.807, 2.05) is 19.1 Å². The summed E-state index contributed by atoms with van der Waals surface area (Å²) in [6, 6.07) is 5.31. The Morgan fingerprint density at radius 2 is 1.86 bits per heavy atom. The maximum atomic E-state index is 13.0. The highest BCUT2D eigenvalue weighted by Gasteiger charge is 2.31. The Hall–Kier alpha value is -1.64. The monoisotopic (exact) mass is 411 g/mol. The van der Waals surface area contributed by atoms with Gasteiger partial charge in [-0.25, -0.2) is 13.2 Å². The summed E-state index contributed by atoms with van der Waals surface area (Å²) in [6.07, 6.45) is 0.763. The number of nitrogens with one attached hydrogen (secondary N) is 1. The molecule has 0 bridgehead atoms. The molecule has 1 N–H and O–H groups in total. The minimum Gasteiger partial charge on any atom is -0.381 e. The summed E-state index contributed by atoms with van der Waals surface area (Å²) in [7, 11) is -3.54. The van der Waals surface area contributed by atoms with Gasteiger partial charge in [0, 0.05) is 45.9 Å². The highest BCUT2D eigenvalue weighted by molar-refractivity contribution is 7.89. The number of nitrogens with zero attached hydrogens (tertiary/aromatic N) is 2. The van der Waals surface area contributed by atoms with E-state index in [1.165, 1.54) is 4.31 Å². The van der Waals surface area contributed by atoms with E-state index in [0.717, 1.165) is 24.2 Å². The van der Waals surface area contributed by atoms with Crippen molar-refractivity contribution in [3.8, 4) is 0 Å². The molecule has 1 heterocycles. The lowest BCUT2D eigenvalue weighted by Crippen LogP contribution is -2.53. The minimum atomic E-state index is -3.54. The number of amides is 2. The van der Waals surface area contributed by atoms with Crippen molar-refractivity contribution in [2.24, 2.45) is 5.92 Å². The molecule has 158 valence electrons.